The molecule has 3 heteroatoms. The van der Waals surface area contributed by atoms with Gasteiger partial charge >= 0.3 is 0 Å². The van der Waals surface area contributed by atoms with Gasteiger partial charge in [-0.05, 0) is 46.5 Å². The Hall–Kier alpha value is -1.96. The third kappa shape index (κ3) is 2.16. The number of nitrogens with two attached hydrogens (primary N) is 1. The van der Waals surface area contributed by atoms with E-state index in [2.05, 4.69) is 50.2 Å². The fourth-order valence-electron chi connectivity index (χ4n) is 3.71. The summed E-state index contributed by atoms with van der Waals surface area (Å²) in [7, 11) is 0. The van der Waals surface area contributed by atoms with Crippen LogP contribution in [0, 0.1) is 0 Å². The summed E-state index contributed by atoms with van der Waals surface area (Å²) in [6, 6.07) is 18.3. The summed E-state index contributed by atoms with van der Waals surface area (Å²) in [5, 5.41) is 1.23. The van der Waals surface area contributed by atoms with Gasteiger partial charge < -0.3 is 5.73 Å². The smallest absolute Gasteiger partial charge is 0.0499 e. The second kappa shape index (κ2) is 5.27. The summed E-state index contributed by atoms with van der Waals surface area (Å²) >= 11 is 12.4. The molecule has 0 atom stereocenters. The Bertz CT molecular complexity index is 974. The summed E-state index contributed by atoms with van der Waals surface area (Å²) in [6.07, 6.45) is 0. The van der Waals surface area contributed by atoms with Gasteiger partial charge in [0.05, 0.1) is 0 Å². The van der Waals surface area contributed by atoms with Crippen molar-refractivity contribution in [2.45, 2.75) is 19.3 Å². The molecule has 0 bridgehead atoms. The van der Waals surface area contributed by atoms with Gasteiger partial charge in [0.2, 0.25) is 0 Å². The SMILES string of the molecule is CC1(C)c2ccccc2-c2cc(-c3ccc(Cl)cc3Cl)c(N)cc21. The predicted octanol–water partition coefficient (Wildman–Crippen LogP) is 6.55. The summed E-state index contributed by atoms with van der Waals surface area (Å²) < 4.78 is 0. The molecule has 0 spiro atoms. The lowest BCUT2D eigenvalue weighted by Crippen LogP contribution is -2.15. The maximum atomic E-state index is 6.40. The van der Waals surface area contributed by atoms with Gasteiger partial charge in [-0.3, -0.25) is 0 Å². The second-order valence-corrected chi connectivity index (χ2v) is 7.62. The molecule has 0 saturated carbocycles. The van der Waals surface area contributed by atoms with Crippen LogP contribution >= 0.6 is 23.2 Å². The van der Waals surface area contributed by atoms with Crippen molar-refractivity contribution < 1.29 is 0 Å². The molecule has 120 valence electrons. The predicted molar refractivity (Wildman–Crippen MR) is 104 cm³/mol. The van der Waals surface area contributed by atoms with Crippen molar-refractivity contribution in [1.29, 1.82) is 0 Å². The van der Waals surface area contributed by atoms with Crippen molar-refractivity contribution in [2.75, 3.05) is 5.73 Å². The molecule has 0 amide bonds. The van der Waals surface area contributed by atoms with E-state index in [9.17, 15) is 0 Å². The van der Waals surface area contributed by atoms with Gasteiger partial charge in [-0.25, -0.2) is 0 Å². The number of anilines is 1. The van der Waals surface area contributed by atoms with Crippen LogP contribution in [-0.2, 0) is 5.41 Å². The molecule has 3 aromatic carbocycles. The molecule has 0 fully saturated rings. The van der Waals surface area contributed by atoms with E-state index in [1.165, 1.54) is 22.3 Å². The monoisotopic (exact) mass is 353 g/mol. The van der Waals surface area contributed by atoms with E-state index in [0.717, 1.165) is 16.8 Å². The first-order valence-corrected chi connectivity index (χ1v) is 8.64. The van der Waals surface area contributed by atoms with Crippen molar-refractivity contribution in [1.82, 2.24) is 0 Å². The van der Waals surface area contributed by atoms with Crippen LogP contribution in [0.2, 0.25) is 10.0 Å². The lowest BCUT2D eigenvalue weighted by molar-refractivity contribution is 0.661. The number of halogens is 2. The lowest BCUT2D eigenvalue weighted by Gasteiger charge is -2.22. The summed E-state index contributed by atoms with van der Waals surface area (Å²) in [6.45, 7) is 4.48. The topological polar surface area (TPSA) is 26.0 Å². The molecule has 0 saturated heterocycles. The van der Waals surface area contributed by atoms with Gasteiger partial charge in [0.15, 0.2) is 0 Å². The molecule has 0 radical (unpaired) electrons. The van der Waals surface area contributed by atoms with Crippen LogP contribution in [0.1, 0.15) is 25.0 Å². The maximum Gasteiger partial charge on any atom is 0.0499 e. The first kappa shape index (κ1) is 15.6. The van der Waals surface area contributed by atoms with E-state index in [0.29, 0.717) is 10.0 Å². The standard InChI is InChI=1S/C21H17Cl2N/c1-21(2)17-6-4-3-5-13(17)15-10-16(20(24)11-18(15)21)14-8-7-12(22)9-19(14)23/h3-11H,24H2,1-2H3. The number of fused-ring (bicyclic) bond motifs is 3. The molecular weight excluding hydrogens is 337 g/mol. The Morgan fingerprint density at radius 3 is 2.25 bits per heavy atom. The van der Waals surface area contributed by atoms with Crippen LogP contribution < -0.4 is 5.73 Å². The fraction of sp³-hybridized carbons (Fsp3) is 0.143. The van der Waals surface area contributed by atoms with E-state index in [1.54, 1.807) is 6.07 Å². The quantitative estimate of drug-likeness (QED) is 0.493. The van der Waals surface area contributed by atoms with Crippen LogP contribution in [-0.4, -0.2) is 0 Å². The minimum Gasteiger partial charge on any atom is -0.398 e. The van der Waals surface area contributed by atoms with Crippen LogP contribution in [0.5, 0.6) is 0 Å². The first-order valence-electron chi connectivity index (χ1n) is 7.89. The molecule has 1 nitrogen and oxygen atoms in total. The van der Waals surface area contributed by atoms with Crippen LogP contribution in [0.4, 0.5) is 5.69 Å². The molecule has 0 aliphatic heterocycles. The molecule has 2 N–H and O–H groups in total. The number of benzene rings is 3. The largest absolute Gasteiger partial charge is 0.398 e. The Morgan fingerprint density at radius 2 is 1.50 bits per heavy atom. The normalized spacial score (nSPS) is 14.3. The van der Waals surface area contributed by atoms with Gasteiger partial charge in [0.1, 0.15) is 0 Å². The average molecular weight is 354 g/mol. The van der Waals surface area contributed by atoms with Gasteiger partial charge in [-0.1, -0.05) is 67.4 Å². The summed E-state index contributed by atoms with van der Waals surface area (Å²) in [4.78, 5) is 0. The van der Waals surface area contributed by atoms with E-state index in [4.69, 9.17) is 28.9 Å². The Labute approximate surface area is 152 Å². The Kier molecular flexibility index (Phi) is 3.42. The van der Waals surface area contributed by atoms with E-state index in [1.807, 2.05) is 12.1 Å². The average Bonchev–Trinajstić information content (AvgIpc) is 2.76. The first-order chi connectivity index (χ1) is 11.4. The molecular formula is C21H17Cl2N. The zero-order chi connectivity index (χ0) is 17.1. The van der Waals surface area contributed by atoms with Crippen LogP contribution in [0.25, 0.3) is 22.3 Å². The van der Waals surface area contributed by atoms with Crippen molar-refractivity contribution in [3.8, 4) is 22.3 Å². The molecule has 4 rings (SSSR count). The van der Waals surface area contributed by atoms with Crippen LogP contribution in [0.3, 0.4) is 0 Å². The van der Waals surface area contributed by atoms with Crippen molar-refractivity contribution in [3.05, 3.63) is 75.8 Å². The van der Waals surface area contributed by atoms with Gasteiger partial charge in [0, 0.05) is 32.3 Å². The fourth-order valence-corrected chi connectivity index (χ4v) is 4.22. The Balaban J connectivity index is 2.00. The van der Waals surface area contributed by atoms with Gasteiger partial charge in [0.25, 0.3) is 0 Å². The number of hydrogen-bond acceptors (Lipinski definition) is 1. The molecule has 0 aromatic heterocycles. The molecule has 0 unspecified atom stereocenters. The highest BCUT2D eigenvalue weighted by molar-refractivity contribution is 6.36. The number of hydrogen-bond donors (Lipinski definition) is 1. The van der Waals surface area contributed by atoms with E-state index < -0.39 is 0 Å². The van der Waals surface area contributed by atoms with E-state index in [-0.39, 0.29) is 5.41 Å². The minimum atomic E-state index is -0.0532. The molecule has 1 aliphatic rings. The highest BCUT2D eigenvalue weighted by Crippen LogP contribution is 2.51. The maximum absolute atomic E-state index is 6.40. The zero-order valence-electron chi connectivity index (χ0n) is 13.5. The van der Waals surface area contributed by atoms with E-state index >= 15 is 0 Å². The third-order valence-corrected chi connectivity index (χ3v) is 5.52. The summed E-state index contributed by atoms with van der Waals surface area (Å²) in [5.41, 5.74) is 14.0. The summed E-state index contributed by atoms with van der Waals surface area (Å²) in [5.74, 6) is 0. The molecule has 1 aliphatic carbocycles. The highest BCUT2D eigenvalue weighted by atomic mass is 35.5. The van der Waals surface area contributed by atoms with Crippen molar-refractivity contribution in [2.24, 2.45) is 0 Å². The molecule has 0 heterocycles. The minimum absolute atomic E-state index is 0.0532. The molecule has 3 aromatic rings. The highest BCUT2D eigenvalue weighted by Gasteiger charge is 2.35. The van der Waals surface area contributed by atoms with Gasteiger partial charge in [-0.2, -0.15) is 0 Å². The Morgan fingerprint density at radius 1 is 0.750 bits per heavy atom. The lowest BCUT2D eigenvalue weighted by atomic mass is 9.82. The number of rotatable bonds is 1. The van der Waals surface area contributed by atoms with Crippen molar-refractivity contribution in [3.63, 3.8) is 0 Å². The van der Waals surface area contributed by atoms with Gasteiger partial charge in [-0.15, -0.1) is 0 Å². The molecule has 24 heavy (non-hydrogen) atoms. The second-order valence-electron chi connectivity index (χ2n) is 6.78. The zero-order valence-corrected chi connectivity index (χ0v) is 15.0. The third-order valence-electron chi connectivity index (χ3n) is 4.97. The van der Waals surface area contributed by atoms with Crippen molar-refractivity contribution >= 4 is 28.9 Å². The van der Waals surface area contributed by atoms with Crippen LogP contribution in [0.15, 0.2) is 54.6 Å². The number of nitrogen functional groups attached to an aromatic ring is 1.